The van der Waals surface area contributed by atoms with Crippen LogP contribution in [0.5, 0.6) is 0 Å². The average molecular weight is 588 g/mol. The molecular formula is C32H40F3N3O4. The highest BCUT2D eigenvalue weighted by atomic mass is 19.4. The predicted octanol–water partition coefficient (Wildman–Crippen LogP) is 7.92. The topological polar surface area (TPSA) is 85.5 Å². The number of amides is 1. The van der Waals surface area contributed by atoms with Gasteiger partial charge in [-0.3, -0.25) is 4.79 Å². The van der Waals surface area contributed by atoms with Gasteiger partial charge in [-0.05, 0) is 48.7 Å². The number of carbonyl (C=O) groups excluding carboxylic acids is 2. The lowest BCUT2D eigenvalue weighted by molar-refractivity contribution is -0.160. The number of hydrogen-bond donors (Lipinski definition) is 0. The second-order valence-corrected chi connectivity index (χ2v) is 10.4. The molecule has 0 unspecified atom stereocenters. The Morgan fingerprint density at radius 2 is 1.48 bits per heavy atom. The van der Waals surface area contributed by atoms with Gasteiger partial charge in [0.25, 0.3) is 5.89 Å². The van der Waals surface area contributed by atoms with Crippen LogP contribution in [0.4, 0.5) is 13.2 Å². The molecule has 3 aromatic rings. The quantitative estimate of drug-likeness (QED) is 0.0962. The number of nitrogens with zero attached hydrogens (tertiary/aromatic N) is 3. The number of aryl methyl sites for hydroxylation is 1. The number of rotatable bonds is 16. The molecule has 0 aliphatic rings. The van der Waals surface area contributed by atoms with Crippen LogP contribution in [0.15, 0.2) is 53.1 Å². The van der Waals surface area contributed by atoms with Gasteiger partial charge >= 0.3 is 18.1 Å². The van der Waals surface area contributed by atoms with Crippen LogP contribution >= 0.6 is 0 Å². The zero-order valence-electron chi connectivity index (χ0n) is 24.4. The van der Waals surface area contributed by atoms with Crippen LogP contribution in [0.3, 0.4) is 0 Å². The van der Waals surface area contributed by atoms with Crippen molar-refractivity contribution in [3.63, 3.8) is 0 Å². The van der Waals surface area contributed by atoms with Gasteiger partial charge in [0.1, 0.15) is 0 Å². The van der Waals surface area contributed by atoms with Gasteiger partial charge in [-0.25, -0.2) is 4.79 Å². The largest absolute Gasteiger partial charge is 0.459 e. The Morgan fingerprint density at radius 1 is 0.857 bits per heavy atom. The van der Waals surface area contributed by atoms with Crippen LogP contribution in [0.2, 0.25) is 0 Å². The minimum absolute atomic E-state index is 0.00397. The Hall–Kier alpha value is -3.69. The molecule has 1 heterocycles. The summed E-state index contributed by atoms with van der Waals surface area (Å²) in [5.41, 5.74) is 0.675. The molecule has 1 amide bonds. The summed E-state index contributed by atoms with van der Waals surface area (Å²) in [4.78, 5) is 30.8. The highest BCUT2D eigenvalue weighted by Crippen LogP contribution is 2.30. The SMILES string of the molecule is CCCCCCCCCCCc1noc(-c2cccc(CN(Cc3cccc(C(F)(F)F)c3)C(=O)C(=O)OCC)c2)n1. The lowest BCUT2D eigenvalue weighted by Gasteiger charge is -2.22. The molecule has 0 aliphatic carbocycles. The van der Waals surface area contributed by atoms with Gasteiger partial charge in [-0.2, -0.15) is 18.2 Å². The van der Waals surface area contributed by atoms with E-state index in [2.05, 4.69) is 17.1 Å². The minimum atomic E-state index is -4.53. The van der Waals surface area contributed by atoms with Crippen LogP contribution in [0.25, 0.3) is 11.5 Å². The van der Waals surface area contributed by atoms with Crippen molar-refractivity contribution in [2.45, 2.75) is 97.3 Å². The van der Waals surface area contributed by atoms with E-state index in [-0.39, 0.29) is 25.3 Å². The fraction of sp³-hybridized carbons (Fsp3) is 0.500. The number of hydrogen-bond acceptors (Lipinski definition) is 6. The number of benzene rings is 2. The van der Waals surface area contributed by atoms with E-state index in [0.29, 0.717) is 22.8 Å². The summed E-state index contributed by atoms with van der Waals surface area (Å²) < 4.78 is 50.1. The molecule has 0 aliphatic heterocycles. The van der Waals surface area contributed by atoms with E-state index in [0.717, 1.165) is 36.3 Å². The van der Waals surface area contributed by atoms with Crippen LogP contribution in [-0.2, 0) is 40.0 Å². The van der Waals surface area contributed by atoms with Crippen LogP contribution in [-0.4, -0.2) is 33.5 Å². The third-order valence-electron chi connectivity index (χ3n) is 6.88. The number of aromatic nitrogens is 2. The minimum Gasteiger partial charge on any atom is -0.459 e. The summed E-state index contributed by atoms with van der Waals surface area (Å²) >= 11 is 0. The summed E-state index contributed by atoms with van der Waals surface area (Å²) in [6, 6.07) is 11.7. The van der Waals surface area contributed by atoms with Gasteiger partial charge in [0.15, 0.2) is 5.82 Å². The first-order valence-electron chi connectivity index (χ1n) is 14.7. The van der Waals surface area contributed by atoms with Crippen LogP contribution in [0, 0.1) is 0 Å². The molecule has 0 bridgehead atoms. The maximum Gasteiger partial charge on any atom is 0.416 e. The Morgan fingerprint density at radius 3 is 2.12 bits per heavy atom. The number of alkyl halides is 3. The Balaban J connectivity index is 1.64. The van der Waals surface area contributed by atoms with Gasteiger partial charge in [-0.15, -0.1) is 0 Å². The van der Waals surface area contributed by atoms with Crippen LogP contribution in [0.1, 0.15) is 94.1 Å². The highest BCUT2D eigenvalue weighted by Gasteiger charge is 2.31. The zero-order valence-corrected chi connectivity index (χ0v) is 24.4. The fourth-order valence-corrected chi connectivity index (χ4v) is 4.68. The third-order valence-corrected chi connectivity index (χ3v) is 6.88. The van der Waals surface area contributed by atoms with Crippen molar-refractivity contribution < 1.29 is 32.0 Å². The van der Waals surface area contributed by atoms with Crippen molar-refractivity contribution in [2.24, 2.45) is 0 Å². The molecule has 7 nitrogen and oxygen atoms in total. The molecular weight excluding hydrogens is 547 g/mol. The van der Waals surface area contributed by atoms with Crippen molar-refractivity contribution >= 4 is 11.9 Å². The maximum atomic E-state index is 13.2. The van der Waals surface area contributed by atoms with E-state index in [1.807, 2.05) is 0 Å². The number of halogens is 3. The maximum absolute atomic E-state index is 13.2. The van der Waals surface area contributed by atoms with Gasteiger partial charge in [-0.1, -0.05) is 87.7 Å². The molecule has 1 aromatic heterocycles. The van der Waals surface area contributed by atoms with Gasteiger partial charge in [0, 0.05) is 25.1 Å². The Bertz CT molecular complexity index is 1280. The third kappa shape index (κ3) is 10.6. The van der Waals surface area contributed by atoms with E-state index in [4.69, 9.17) is 9.26 Å². The average Bonchev–Trinajstić information content (AvgIpc) is 3.45. The number of ether oxygens (including phenoxy) is 1. The molecule has 0 atom stereocenters. The second-order valence-electron chi connectivity index (χ2n) is 10.4. The van der Waals surface area contributed by atoms with Crippen LogP contribution < -0.4 is 0 Å². The van der Waals surface area contributed by atoms with Gasteiger partial charge in [0.2, 0.25) is 0 Å². The number of unbranched alkanes of at least 4 members (excludes halogenated alkanes) is 8. The van der Waals surface area contributed by atoms with E-state index in [9.17, 15) is 22.8 Å². The summed E-state index contributed by atoms with van der Waals surface area (Å²) in [5, 5.41) is 4.10. The highest BCUT2D eigenvalue weighted by molar-refractivity contribution is 6.32. The summed E-state index contributed by atoms with van der Waals surface area (Å²) in [6.07, 6.45) is 7.21. The smallest absolute Gasteiger partial charge is 0.416 e. The van der Waals surface area contributed by atoms with Crippen molar-refractivity contribution in [3.05, 3.63) is 71.0 Å². The normalized spacial score (nSPS) is 11.5. The lowest BCUT2D eigenvalue weighted by atomic mass is 10.1. The summed E-state index contributed by atoms with van der Waals surface area (Å²) in [7, 11) is 0. The van der Waals surface area contributed by atoms with Gasteiger partial charge < -0.3 is 14.2 Å². The molecule has 0 saturated heterocycles. The van der Waals surface area contributed by atoms with Gasteiger partial charge in [0.05, 0.1) is 12.2 Å². The molecule has 3 rings (SSSR count). The zero-order chi connectivity index (χ0) is 30.4. The first-order valence-corrected chi connectivity index (χ1v) is 14.7. The van der Waals surface area contributed by atoms with Crippen molar-refractivity contribution in [2.75, 3.05) is 6.61 Å². The first-order chi connectivity index (χ1) is 20.2. The summed E-state index contributed by atoms with van der Waals surface area (Å²) in [5.74, 6) is -1.05. The Labute approximate surface area is 245 Å². The van der Waals surface area contributed by atoms with E-state index in [1.165, 1.54) is 57.1 Å². The molecule has 42 heavy (non-hydrogen) atoms. The Kier molecular flexibility index (Phi) is 13.0. The van der Waals surface area contributed by atoms with E-state index in [1.54, 1.807) is 31.2 Å². The molecule has 0 saturated carbocycles. The monoisotopic (exact) mass is 587 g/mol. The summed E-state index contributed by atoms with van der Waals surface area (Å²) in [6.45, 7) is 3.53. The van der Waals surface area contributed by atoms with E-state index >= 15 is 0 Å². The molecule has 0 spiro atoms. The van der Waals surface area contributed by atoms with Crippen molar-refractivity contribution in [3.8, 4) is 11.5 Å². The fourth-order valence-electron chi connectivity index (χ4n) is 4.68. The molecule has 0 fully saturated rings. The predicted molar refractivity (Wildman–Crippen MR) is 153 cm³/mol. The van der Waals surface area contributed by atoms with E-state index < -0.39 is 23.6 Å². The standard InChI is InChI=1S/C32H40F3N3O4/c1-3-5-6-7-8-9-10-11-12-19-28-36-29(42-37-28)26-17-13-15-24(20-26)22-38(30(39)31(40)41-4-2)23-25-16-14-18-27(21-25)32(33,34)35/h13-18,20-21H,3-12,19,22-23H2,1-2H3. The second kappa shape index (κ2) is 16.7. The number of esters is 1. The lowest BCUT2D eigenvalue weighted by Crippen LogP contribution is -2.36. The molecule has 10 heteroatoms. The molecule has 0 N–H and O–H groups in total. The van der Waals surface area contributed by atoms with Crippen molar-refractivity contribution in [1.29, 1.82) is 0 Å². The first kappa shape index (κ1) is 32.8. The van der Waals surface area contributed by atoms with Crippen molar-refractivity contribution in [1.82, 2.24) is 15.0 Å². The molecule has 0 radical (unpaired) electrons. The molecule has 2 aromatic carbocycles. The number of carbonyl (C=O) groups is 2. The molecule has 228 valence electrons.